The van der Waals surface area contributed by atoms with Crippen molar-refractivity contribution in [1.82, 2.24) is 9.78 Å². The number of rotatable bonds is 5. The topological polar surface area (TPSA) is 43.8 Å². The van der Waals surface area contributed by atoms with Crippen molar-refractivity contribution in [3.8, 4) is 0 Å². The number of nitrogens with zero attached hydrogens (tertiary/aromatic N) is 2. The highest BCUT2D eigenvalue weighted by Gasteiger charge is 2.23. The molecule has 2 unspecified atom stereocenters. The monoisotopic (exact) mass is 297 g/mol. The SMILES string of the molecule is CCc1cc(CC)n(C(c2ccc(Cl)s2)C(C)N)n1. The third-order valence-electron chi connectivity index (χ3n) is 3.24. The second kappa shape index (κ2) is 6.07. The molecule has 0 saturated carbocycles. The van der Waals surface area contributed by atoms with Crippen molar-refractivity contribution in [3.63, 3.8) is 0 Å². The van der Waals surface area contributed by atoms with Crippen molar-refractivity contribution in [3.05, 3.63) is 38.8 Å². The van der Waals surface area contributed by atoms with Gasteiger partial charge in [-0.05, 0) is 38.0 Å². The Bertz CT molecular complexity index is 545. The van der Waals surface area contributed by atoms with E-state index in [-0.39, 0.29) is 12.1 Å². The Balaban J connectivity index is 2.47. The van der Waals surface area contributed by atoms with E-state index in [1.165, 1.54) is 10.6 Å². The predicted octanol–water partition coefficient (Wildman–Crippen LogP) is 3.66. The summed E-state index contributed by atoms with van der Waals surface area (Å²) in [6.45, 7) is 6.28. The van der Waals surface area contributed by atoms with Crippen molar-refractivity contribution < 1.29 is 0 Å². The second-order valence-corrected chi connectivity index (χ2v) is 6.47. The molecule has 0 saturated heterocycles. The molecule has 0 fully saturated rings. The van der Waals surface area contributed by atoms with Gasteiger partial charge in [-0.3, -0.25) is 4.68 Å². The van der Waals surface area contributed by atoms with Gasteiger partial charge >= 0.3 is 0 Å². The molecule has 3 nitrogen and oxygen atoms in total. The Hall–Kier alpha value is -0.840. The van der Waals surface area contributed by atoms with Crippen LogP contribution in [-0.2, 0) is 12.8 Å². The number of aryl methyl sites for hydroxylation is 2. The summed E-state index contributed by atoms with van der Waals surface area (Å²) in [6, 6.07) is 6.20. The largest absolute Gasteiger partial charge is 0.326 e. The number of thiophene rings is 1. The summed E-state index contributed by atoms with van der Waals surface area (Å²) < 4.78 is 2.87. The molecule has 0 amide bonds. The molecule has 2 rings (SSSR count). The third-order valence-corrected chi connectivity index (χ3v) is 4.54. The molecule has 0 aliphatic carbocycles. The summed E-state index contributed by atoms with van der Waals surface area (Å²) in [5, 5.41) is 4.71. The van der Waals surface area contributed by atoms with Gasteiger partial charge in [-0.2, -0.15) is 5.10 Å². The first-order chi connectivity index (χ1) is 9.06. The third kappa shape index (κ3) is 3.02. The molecule has 2 aromatic heterocycles. The Morgan fingerprint density at radius 2 is 2.11 bits per heavy atom. The molecule has 5 heteroatoms. The fraction of sp³-hybridized carbons (Fsp3) is 0.500. The Morgan fingerprint density at radius 1 is 1.37 bits per heavy atom. The maximum absolute atomic E-state index is 6.19. The highest BCUT2D eigenvalue weighted by Crippen LogP contribution is 2.31. The van der Waals surface area contributed by atoms with Crippen molar-refractivity contribution in [1.29, 1.82) is 0 Å². The number of hydrogen-bond donors (Lipinski definition) is 1. The molecule has 0 aliphatic rings. The minimum absolute atomic E-state index is 0.00961. The Labute approximate surface area is 123 Å². The van der Waals surface area contributed by atoms with Crippen LogP contribution in [0.2, 0.25) is 4.34 Å². The normalized spacial score (nSPS) is 14.6. The molecule has 2 aromatic rings. The summed E-state index contributed by atoms with van der Waals surface area (Å²) >= 11 is 7.63. The van der Waals surface area contributed by atoms with Gasteiger partial charge in [0.2, 0.25) is 0 Å². The molecule has 0 aliphatic heterocycles. The van der Waals surface area contributed by atoms with E-state index in [9.17, 15) is 0 Å². The summed E-state index contributed by atoms with van der Waals surface area (Å²) in [5.74, 6) is 0. The van der Waals surface area contributed by atoms with Gasteiger partial charge in [-0.25, -0.2) is 0 Å². The van der Waals surface area contributed by atoms with E-state index in [2.05, 4.69) is 24.6 Å². The lowest BCUT2D eigenvalue weighted by atomic mass is 10.1. The average Bonchev–Trinajstić information content (AvgIpc) is 2.96. The van der Waals surface area contributed by atoms with Gasteiger partial charge in [0.15, 0.2) is 0 Å². The average molecular weight is 298 g/mol. The maximum atomic E-state index is 6.19. The van der Waals surface area contributed by atoms with Crippen molar-refractivity contribution in [2.45, 2.75) is 45.7 Å². The molecule has 0 bridgehead atoms. The molecular formula is C14H20ClN3S. The highest BCUT2D eigenvalue weighted by atomic mass is 35.5. The predicted molar refractivity (Wildman–Crippen MR) is 82.1 cm³/mol. The fourth-order valence-electron chi connectivity index (χ4n) is 2.26. The number of aromatic nitrogens is 2. The molecule has 0 radical (unpaired) electrons. The molecule has 104 valence electrons. The minimum atomic E-state index is -0.00961. The van der Waals surface area contributed by atoms with Crippen LogP contribution in [0.15, 0.2) is 18.2 Å². The van der Waals surface area contributed by atoms with E-state index in [4.69, 9.17) is 22.4 Å². The summed E-state index contributed by atoms with van der Waals surface area (Å²) in [6.07, 6.45) is 1.90. The second-order valence-electron chi connectivity index (χ2n) is 4.72. The van der Waals surface area contributed by atoms with Crippen LogP contribution >= 0.6 is 22.9 Å². The zero-order valence-electron chi connectivity index (χ0n) is 11.6. The molecular weight excluding hydrogens is 278 g/mol. The number of halogens is 1. The van der Waals surface area contributed by atoms with E-state index < -0.39 is 0 Å². The van der Waals surface area contributed by atoms with Crippen LogP contribution < -0.4 is 5.73 Å². The molecule has 0 aromatic carbocycles. The summed E-state index contributed by atoms with van der Waals surface area (Å²) in [7, 11) is 0. The highest BCUT2D eigenvalue weighted by molar-refractivity contribution is 7.16. The van der Waals surface area contributed by atoms with Gasteiger partial charge in [0.25, 0.3) is 0 Å². The smallest absolute Gasteiger partial charge is 0.101 e. The van der Waals surface area contributed by atoms with Crippen LogP contribution in [-0.4, -0.2) is 15.8 Å². The van der Waals surface area contributed by atoms with Crippen LogP contribution in [0.25, 0.3) is 0 Å². The quantitative estimate of drug-likeness (QED) is 0.915. The van der Waals surface area contributed by atoms with Gasteiger partial charge in [0.05, 0.1) is 10.0 Å². The van der Waals surface area contributed by atoms with Crippen LogP contribution in [0.5, 0.6) is 0 Å². The Morgan fingerprint density at radius 3 is 2.58 bits per heavy atom. The van der Waals surface area contributed by atoms with Crippen LogP contribution in [0.4, 0.5) is 0 Å². The van der Waals surface area contributed by atoms with Gasteiger partial charge < -0.3 is 5.73 Å². The zero-order chi connectivity index (χ0) is 14.0. The first-order valence-corrected chi connectivity index (χ1v) is 7.84. The molecule has 0 spiro atoms. The molecule has 2 atom stereocenters. The summed E-state index contributed by atoms with van der Waals surface area (Å²) in [4.78, 5) is 1.17. The first-order valence-electron chi connectivity index (χ1n) is 6.64. The first kappa shape index (κ1) is 14.6. The van der Waals surface area contributed by atoms with Gasteiger partial charge in [-0.15, -0.1) is 11.3 Å². The van der Waals surface area contributed by atoms with E-state index in [1.807, 2.05) is 19.1 Å². The lowest BCUT2D eigenvalue weighted by Gasteiger charge is -2.22. The number of nitrogens with two attached hydrogens (primary N) is 1. The van der Waals surface area contributed by atoms with E-state index >= 15 is 0 Å². The molecule has 2 heterocycles. The number of hydrogen-bond acceptors (Lipinski definition) is 3. The van der Waals surface area contributed by atoms with Gasteiger partial charge in [-0.1, -0.05) is 25.4 Å². The Kier molecular flexibility index (Phi) is 4.66. The fourth-order valence-corrected chi connectivity index (χ4v) is 3.52. The lowest BCUT2D eigenvalue weighted by molar-refractivity contribution is 0.444. The van der Waals surface area contributed by atoms with E-state index in [0.29, 0.717) is 0 Å². The molecule has 2 N–H and O–H groups in total. The van der Waals surface area contributed by atoms with Crippen molar-refractivity contribution in [2.24, 2.45) is 5.73 Å². The summed E-state index contributed by atoms with van der Waals surface area (Å²) in [5.41, 5.74) is 8.53. The molecule has 19 heavy (non-hydrogen) atoms. The van der Waals surface area contributed by atoms with Gasteiger partial charge in [0.1, 0.15) is 6.04 Å². The van der Waals surface area contributed by atoms with Gasteiger partial charge in [0, 0.05) is 16.6 Å². The van der Waals surface area contributed by atoms with Crippen LogP contribution in [0.3, 0.4) is 0 Å². The van der Waals surface area contributed by atoms with Crippen molar-refractivity contribution in [2.75, 3.05) is 0 Å². The lowest BCUT2D eigenvalue weighted by Crippen LogP contribution is -2.31. The zero-order valence-corrected chi connectivity index (χ0v) is 13.1. The van der Waals surface area contributed by atoms with E-state index in [1.54, 1.807) is 11.3 Å². The maximum Gasteiger partial charge on any atom is 0.101 e. The van der Waals surface area contributed by atoms with Crippen LogP contribution in [0, 0.1) is 0 Å². The van der Waals surface area contributed by atoms with Crippen LogP contribution in [0.1, 0.15) is 43.1 Å². The van der Waals surface area contributed by atoms with E-state index in [0.717, 1.165) is 22.9 Å². The van der Waals surface area contributed by atoms with Crippen molar-refractivity contribution >= 4 is 22.9 Å². The standard InChI is InChI=1S/C14H20ClN3S/c1-4-10-8-11(5-2)18(17-10)14(9(3)16)12-6-7-13(15)19-12/h6-9,14H,4-5,16H2,1-3H3. The minimum Gasteiger partial charge on any atom is -0.326 e.